The summed E-state index contributed by atoms with van der Waals surface area (Å²) in [4.78, 5) is 11.0. The first-order valence-corrected chi connectivity index (χ1v) is 10.0. The summed E-state index contributed by atoms with van der Waals surface area (Å²) >= 11 is 0. The van der Waals surface area contributed by atoms with Crippen LogP contribution in [0.15, 0.2) is 30.3 Å². The zero-order valence-corrected chi connectivity index (χ0v) is 12.8. The lowest BCUT2D eigenvalue weighted by Gasteiger charge is -2.28. The topological polar surface area (TPSA) is 26.3 Å². The Morgan fingerprint density at radius 3 is 2.33 bits per heavy atom. The number of carbonyl (C=O) groups is 1. The van der Waals surface area contributed by atoms with E-state index in [2.05, 4.69) is 31.8 Å². The lowest BCUT2D eigenvalue weighted by molar-refractivity contribution is -0.113. The van der Waals surface area contributed by atoms with Crippen molar-refractivity contribution in [1.82, 2.24) is 0 Å². The molecule has 0 aliphatic rings. The van der Waals surface area contributed by atoms with E-state index in [0.717, 1.165) is 19.1 Å². The number of aldehydes is 1. The molecule has 1 aromatic carbocycles. The average Bonchev–Trinajstić information content (AvgIpc) is 2.33. The van der Waals surface area contributed by atoms with Crippen LogP contribution < -0.4 is 0 Å². The van der Waals surface area contributed by atoms with Gasteiger partial charge in [0.05, 0.1) is 6.10 Å². The van der Waals surface area contributed by atoms with Crippen molar-refractivity contribution in [2.75, 3.05) is 0 Å². The van der Waals surface area contributed by atoms with Crippen molar-refractivity contribution < 1.29 is 9.22 Å². The first-order chi connectivity index (χ1) is 8.42. The Bertz CT molecular complexity index is 357. The van der Waals surface area contributed by atoms with Gasteiger partial charge in [0.2, 0.25) is 0 Å². The lowest BCUT2D eigenvalue weighted by atomic mass is 9.99. The maximum atomic E-state index is 11.0. The first kappa shape index (κ1) is 15.1. The highest BCUT2D eigenvalue weighted by Crippen LogP contribution is 2.18. The van der Waals surface area contributed by atoms with Crippen molar-refractivity contribution in [2.45, 2.75) is 45.5 Å². The van der Waals surface area contributed by atoms with Crippen molar-refractivity contribution in [2.24, 2.45) is 5.92 Å². The summed E-state index contributed by atoms with van der Waals surface area (Å²) in [5.74, 6) is -0.0274. The normalized spacial score (nSPS) is 15.1. The SMILES string of the molecule is C[C@H](C=O)[C@H](CCc1ccccc1)O[Si](C)(C)C. The van der Waals surface area contributed by atoms with Crippen LogP contribution in [0.2, 0.25) is 19.6 Å². The summed E-state index contributed by atoms with van der Waals surface area (Å²) < 4.78 is 6.12. The van der Waals surface area contributed by atoms with Gasteiger partial charge in [-0.2, -0.15) is 0 Å². The first-order valence-electron chi connectivity index (χ1n) is 6.59. The van der Waals surface area contributed by atoms with Crippen molar-refractivity contribution in [3.8, 4) is 0 Å². The van der Waals surface area contributed by atoms with Crippen molar-refractivity contribution in [3.63, 3.8) is 0 Å². The van der Waals surface area contributed by atoms with Gasteiger partial charge in [0.1, 0.15) is 6.29 Å². The summed E-state index contributed by atoms with van der Waals surface area (Å²) in [6.45, 7) is 8.45. The Morgan fingerprint density at radius 2 is 1.83 bits per heavy atom. The van der Waals surface area contributed by atoms with E-state index in [1.54, 1.807) is 0 Å². The molecule has 0 radical (unpaired) electrons. The number of aryl methyl sites for hydroxylation is 1. The van der Waals surface area contributed by atoms with Crippen molar-refractivity contribution in [3.05, 3.63) is 35.9 Å². The van der Waals surface area contributed by atoms with Crippen LogP contribution in [-0.2, 0) is 15.6 Å². The van der Waals surface area contributed by atoms with Crippen LogP contribution in [0.25, 0.3) is 0 Å². The van der Waals surface area contributed by atoms with Crippen LogP contribution >= 0.6 is 0 Å². The smallest absolute Gasteiger partial charge is 0.184 e. The van der Waals surface area contributed by atoms with Gasteiger partial charge in [-0.15, -0.1) is 0 Å². The third kappa shape index (κ3) is 5.60. The minimum atomic E-state index is -1.60. The molecule has 0 saturated heterocycles. The van der Waals surface area contributed by atoms with Gasteiger partial charge in [0.25, 0.3) is 0 Å². The van der Waals surface area contributed by atoms with Gasteiger partial charge >= 0.3 is 0 Å². The highest BCUT2D eigenvalue weighted by atomic mass is 28.4. The Kier molecular flexibility index (Phi) is 5.76. The van der Waals surface area contributed by atoms with E-state index < -0.39 is 8.32 Å². The van der Waals surface area contributed by atoms with Crippen LogP contribution in [0.4, 0.5) is 0 Å². The quantitative estimate of drug-likeness (QED) is 0.555. The molecule has 0 N–H and O–H groups in total. The summed E-state index contributed by atoms with van der Waals surface area (Å²) in [6.07, 6.45) is 2.94. The van der Waals surface area contributed by atoms with Gasteiger partial charge in [-0.3, -0.25) is 0 Å². The van der Waals surface area contributed by atoms with Crippen LogP contribution in [0.3, 0.4) is 0 Å². The molecule has 0 saturated carbocycles. The van der Waals surface area contributed by atoms with E-state index in [0.29, 0.717) is 0 Å². The second kappa shape index (κ2) is 6.85. The third-order valence-corrected chi connectivity index (χ3v) is 3.88. The number of hydrogen-bond acceptors (Lipinski definition) is 2. The van der Waals surface area contributed by atoms with Gasteiger partial charge in [0, 0.05) is 5.92 Å². The van der Waals surface area contributed by atoms with Crippen LogP contribution in [-0.4, -0.2) is 20.7 Å². The van der Waals surface area contributed by atoms with Crippen molar-refractivity contribution in [1.29, 1.82) is 0 Å². The molecule has 3 heteroatoms. The predicted octanol–water partition coefficient (Wildman–Crippen LogP) is 3.67. The maximum Gasteiger partial charge on any atom is 0.184 e. The van der Waals surface area contributed by atoms with Gasteiger partial charge < -0.3 is 9.22 Å². The number of benzene rings is 1. The van der Waals surface area contributed by atoms with Crippen LogP contribution in [0.5, 0.6) is 0 Å². The Hall–Kier alpha value is -0.933. The molecule has 1 rings (SSSR count). The monoisotopic (exact) mass is 264 g/mol. The van der Waals surface area contributed by atoms with E-state index in [4.69, 9.17) is 4.43 Å². The second-order valence-electron chi connectivity index (χ2n) is 5.79. The summed E-state index contributed by atoms with van der Waals surface area (Å²) in [7, 11) is -1.60. The van der Waals surface area contributed by atoms with E-state index in [9.17, 15) is 4.79 Å². The predicted molar refractivity (Wildman–Crippen MR) is 78.2 cm³/mol. The van der Waals surface area contributed by atoms with Gasteiger partial charge in [-0.25, -0.2) is 0 Å². The molecule has 0 aliphatic heterocycles. The molecule has 0 aromatic heterocycles. The number of rotatable bonds is 7. The molecule has 0 bridgehead atoms. The Morgan fingerprint density at radius 1 is 1.22 bits per heavy atom. The third-order valence-electron chi connectivity index (χ3n) is 2.87. The van der Waals surface area contributed by atoms with E-state index >= 15 is 0 Å². The number of hydrogen-bond donors (Lipinski definition) is 0. The molecule has 100 valence electrons. The molecule has 0 aliphatic carbocycles. The fraction of sp³-hybridized carbons (Fsp3) is 0.533. The maximum absolute atomic E-state index is 11.0. The number of carbonyl (C=O) groups excluding carboxylic acids is 1. The fourth-order valence-corrected chi connectivity index (χ4v) is 3.17. The van der Waals surface area contributed by atoms with E-state index in [1.807, 2.05) is 25.1 Å². The largest absolute Gasteiger partial charge is 0.414 e. The average molecular weight is 264 g/mol. The standard InChI is InChI=1S/C15H24O2Si/c1-13(12-16)15(17-18(2,3)4)11-10-14-8-6-5-7-9-14/h5-9,12-13,15H,10-11H2,1-4H3/t13-,15+/m1/s1. The minimum absolute atomic E-state index is 0.0274. The second-order valence-corrected chi connectivity index (χ2v) is 10.2. The van der Waals surface area contributed by atoms with Crippen LogP contribution in [0.1, 0.15) is 18.9 Å². The Labute approximate surface area is 111 Å². The van der Waals surface area contributed by atoms with Gasteiger partial charge in [-0.05, 0) is 38.0 Å². The molecule has 2 atom stereocenters. The molecule has 18 heavy (non-hydrogen) atoms. The van der Waals surface area contributed by atoms with Crippen LogP contribution in [0, 0.1) is 5.92 Å². The molecule has 1 aromatic rings. The van der Waals surface area contributed by atoms with E-state index in [1.165, 1.54) is 5.56 Å². The summed E-state index contributed by atoms with van der Waals surface area (Å²) in [5.41, 5.74) is 1.31. The molecular formula is C15H24O2Si. The molecule has 0 amide bonds. The lowest BCUT2D eigenvalue weighted by Crippen LogP contribution is -2.36. The van der Waals surface area contributed by atoms with Crippen molar-refractivity contribution >= 4 is 14.6 Å². The summed E-state index contributed by atoms with van der Waals surface area (Å²) in [5, 5.41) is 0. The molecule has 0 heterocycles. The zero-order valence-electron chi connectivity index (χ0n) is 11.8. The highest BCUT2D eigenvalue weighted by Gasteiger charge is 2.25. The molecule has 0 unspecified atom stereocenters. The summed E-state index contributed by atoms with van der Waals surface area (Å²) in [6, 6.07) is 10.4. The molecule has 2 nitrogen and oxygen atoms in total. The molecular weight excluding hydrogens is 240 g/mol. The van der Waals surface area contributed by atoms with E-state index in [-0.39, 0.29) is 12.0 Å². The highest BCUT2D eigenvalue weighted by molar-refractivity contribution is 6.69. The molecule has 0 fully saturated rings. The van der Waals surface area contributed by atoms with Gasteiger partial charge in [-0.1, -0.05) is 37.3 Å². The Balaban J connectivity index is 2.59. The fourth-order valence-electron chi connectivity index (χ4n) is 1.92. The zero-order chi connectivity index (χ0) is 13.6. The van der Waals surface area contributed by atoms with Gasteiger partial charge in [0.15, 0.2) is 8.32 Å². The molecule has 0 spiro atoms. The minimum Gasteiger partial charge on any atom is -0.414 e.